The van der Waals surface area contributed by atoms with Crippen LogP contribution in [-0.2, 0) is 6.42 Å². The van der Waals surface area contributed by atoms with Crippen LogP contribution in [0.3, 0.4) is 0 Å². The van der Waals surface area contributed by atoms with Gasteiger partial charge in [-0.3, -0.25) is 0 Å². The van der Waals surface area contributed by atoms with Gasteiger partial charge in [0.2, 0.25) is 0 Å². The first-order valence-corrected chi connectivity index (χ1v) is 7.22. The summed E-state index contributed by atoms with van der Waals surface area (Å²) in [6.07, 6.45) is 3.05. The molecule has 0 atom stereocenters. The first kappa shape index (κ1) is 16.0. The summed E-state index contributed by atoms with van der Waals surface area (Å²) >= 11 is 0. The Labute approximate surface area is 130 Å². The number of nitrogens with zero attached hydrogens (tertiary/aromatic N) is 1. The third-order valence-corrected chi connectivity index (χ3v) is 4.06. The number of para-hydroxylation sites is 1. The molecule has 0 amide bonds. The average Bonchev–Trinajstić information content (AvgIpc) is 2.47. The lowest BCUT2D eigenvalue weighted by Crippen LogP contribution is -2.40. The van der Waals surface area contributed by atoms with Gasteiger partial charge in [-0.2, -0.15) is 0 Å². The topological polar surface area (TPSA) is 59.5 Å². The summed E-state index contributed by atoms with van der Waals surface area (Å²) in [7, 11) is 0. The molecule has 0 bridgehead atoms. The van der Waals surface area contributed by atoms with Crippen LogP contribution in [0.4, 0.5) is 0 Å². The van der Waals surface area contributed by atoms with Crippen molar-refractivity contribution < 1.29 is 4.42 Å². The van der Waals surface area contributed by atoms with E-state index in [0.29, 0.717) is 6.04 Å². The van der Waals surface area contributed by atoms with Crippen LogP contribution >= 0.6 is 12.4 Å². The van der Waals surface area contributed by atoms with Crippen LogP contribution in [0.15, 0.2) is 39.5 Å². The number of piperidine rings is 1. The average molecular weight is 309 g/mol. The number of halogens is 1. The van der Waals surface area contributed by atoms with Crippen LogP contribution in [0.25, 0.3) is 11.0 Å². The zero-order valence-corrected chi connectivity index (χ0v) is 12.8. The molecule has 1 fully saturated rings. The Balaban J connectivity index is 0.00000161. The van der Waals surface area contributed by atoms with Crippen molar-refractivity contribution in [2.24, 2.45) is 5.73 Å². The molecule has 0 radical (unpaired) electrons. The maximum Gasteiger partial charge on any atom is 0.336 e. The fourth-order valence-electron chi connectivity index (χ4n) is 2.80. The summed E-state index contributed by atoms with van der Waals surface area (Å²) in [4.78, 5) is 13.8. The summed E-state index contributed by atoms with van der Waals surface area (Å²) in [5, 5.41) is 0.989. The summed E-state index contributed by atoms with van der Waals surface area (Å²) in [5.74, 6) is 0. The van der Waals surface area contributed by atoms with Gasteiger partial charge in [0.1, 0.15) is 5.58 Å². The molecule has 0 unspecified atom stereocenters. The van der Waals surface area contributed by atoms with Crippen molar-refractivity contribution in [3.05, 3.63) is 46.3 Å². The minimum absolute atomic E-state index is 0. The highest BCUT2D eigenvalue weighted by Crippen LogP contribution is 2.18. The number of hydrogen-bond donors (Lipinski definition) is 1. The molecular formula is C16H21ClN2O2. The Hall–Kier alpha value is -1.36. The number of nitrogens with two attached hydrogens (primary N) is 1. The van der Waals surface area contributed by atoms with E-state index in [0.717, 1.165) is 55.4 Å². The Morgan fingerprint density at radius 2 is 1.95 bits per heavy atom. The van der Waals surface area contributed by atoms with Crippen LogP contribution in [0, 0.1) is 0 Å². The van der Waals surface area contributed by atoms with Crippen molar-refractivity contribution in [1.29, 1.82) is 0 Å². The van der Waals surface area contributed by atoms with Gasteiger partial charge >= 0.3 is 5.63 Å². The fourth-order valence-corrected chi connectivity index (χ4v) is 2.80. The van der Waals surface area contributed by atoms with Crippen LogP contribution in [0.1, 0.15) is 18.4 Å². The van der Waals surface area contributed by atoms with Gasteiger partial charge in [-0.05, 0) is 44.0 Å². The Bertz CT molecular complexity index is 648. The molecular weight excluding hydrogens is 288 g/mol. The van der Waals surface area contributed by atoms with Crippen molar-refractivity contribution in [1.82, 2.24) is 4.90 Å². The lowest BCUT2D eigenvalue weighted by molar-refractivity contribution is 0.215. The van der Waals surface area contributed by atoms with Gasteiger partial charge in [0.25, 0.3) is 0 Å². The highest BCUT2D eigenvalue weighted by atomic mass is 35.5. The van der Waals surface area contributed by atoms with E-state index in [9.17, 15) is 4.79 Å². The van der Waals surface area contributed by atoms with E-state index >= 15 is 0 Å². The van der Waals surface area contributed by atoms with Gasteiger partial charge < -0.3 is 15.1 Å². The quantitative estimate of drug-likeness (QED) is 0.883. The molecule has 1 saturated heterocycles. The molecule has 3 rings (SSSR count). The van der Waals surface area contributed by atoms with Crippen molar-refractivity contribution in [3.63, 3.8) is 0 Å². The first-order chi connectivity index (χ1) is 9.72. The van der Waals surface area contributed by atoms with Crippen molar-refractivity contribution in [3.8, 4) is 0 Å². The number of benzene rings is 1. The predicted molar refractivity (Wildman–Crippen MR) is 87.1 cm³/mol. The number of likely N-dealkylation sites (tertiary alicyclic amines) is 1. The van der Waals surface area contributed by atoms with Gasteiger partial charge in [0.05, 0.1) is 0 Å². The minimum Gasteiger partial charge on any atom is -0.422 e. The van der Waals surface area contributed by atoms with Gasteiger partial charge in [-0.25, -0.2) is 4.79 Å². The maximum absolute atomic E-state index is 11.4. The third kappa shape index (κ3) is 3.84. The molecule has 2 aromatic rings. The molecule has 1 aromatic carbocycles. The molecule has 1 aliphatic rings. The molecule has 4 nitrogen and oxygen atoms in total. The molecule has 0 aliphatic carbocycles. The van der Waals surface area contributed by atoms with Crippen molar-refractivity contribution in [2.45, 2.75) is 25.3 Å². The maximum atomic E-state index is 11.4. The van der Waals surface area contributed by atoms with E-state index in [4.69, 9.17) is 10.2 Å². The van der Waals surface area contributed by atoms with Crippen LogP contribution in [0.5, 0.6) is 0 Å². The molecule has 1 aromatic heterocycles. The van der Waals surface area contributed by atoms with Gasteiger partial charge in [0.15, 0.2) is 0 Å². The van der Waals surface area contributed by atoms with E-state index < -0.39 is 0 Å². The van der Waals surface area contributed by atoms with E-state index in [2.05, 4.69) is 4.90 Å². The normalized spacial score (nSPS) is 16.8. The van der Waals surface area contributed by atoms with E-state index in [-0.39, 0.29) is 18.0 Å². The minimum atomic E-state index is -0.283. The van der Waals surface area contributed by atoms with Crippen LogP contribution in [0.2, 0.25) is 0 Å². The molecule has 21 heavy (non-hydrogen) atoms. The Morgan fingerprint density at radius 3 is 2.71 bits per heavy atom. The molecule has 0 saturated carbocycles. The molecule has 1 aliphatic heterocycles. The standard InChI is InChI=1S/C16H20N2O2.ClH/c17-14-7-10-18(11-8-14)9-6-13-3-1-2-12-4-5-15(19)20-16(12)13;/h1-5,14H,6-11,17H2;1H. The first-order valence-electron chi connectivity index (χ1n) is 7.22. The number of fused-ring (bicyclic) bond motifs is 1. The lowest BCUT2D eigenvalue weighted by atomic mass is 10.0. The smallest absolute Gasteiger partial charge is 0.336 e. The number of rotatable bonds is 3. The largest absolute Gasteiger partial charge is 0.422 e. The summed E-state index contributed by atoms with van der Waals surface area (Å²) in [6, 6.07) is 9.69. The van der Waals surface area contributed by atoms with Crippen LogP contribution < -0.4 is 11.4 Å². The van der Waals surface area contributed by atoms with E-state index in [1.54, 1.807) is 0 Å². The van der Waals surface area contributed by atoms with Gasteiger partial charge in [0, 0.05) is 24.0 Å². The zero-order chi connectivity index (χ0) is 13.9. The predicted octanol–water partition coefficient (Wildman–Crippen LogP) is 2.18. The molecule has 2 heterocycles. The van der Waals surface area contributed by atoms with Crippen molar-refractivity contribution >= 4 is 23.4 Å². The third-order valence-electron chi connectivity index (χ3n) is 4.06. The second-order valence-corrected chi connectivity index (χ2v) is 5.52. The van der Waals surface area contributed by atoms with Gasteiger partial charge in [-0.15, -0.1) is 12.4 Å². The molecule has 114 valence electrons. The summed E-state index contributed by atoms with van der Waals surface area (Å²) in [5.41, 5.74) is 7.47. The summed E-state index contributed by atoms with van der Waals surface area (Å²) in [6.45, 7) is 3.12. The monoisotopic (exact) mass is 308 g/mol. The molecule has 2 N–H and O–H groups in total. The number of hydrogen-bond acceptors (Lipinski definition) is 4. The molecule has 5 heteroatoms. The highest BCUT2D eigenvalue weighted by molar-refractivity contribution is 5.85. The van der Waals surface area contributed by atoms with E-state index in [1.165, 1.54) is 6.07 Å². The van der Waals surface area contributed by atoms with Crippen LogP contribution in [-0.4, -0.2) is 30.6 Å². The SMILES string of the molecule is Cl.NC1CCN(CCc2cccc3ccc(=O)oc23)CC1. The van der Waals surface area contributed by atoms with E-state index in [1.807, 2.05) is 24.3 Å². The Kier molecular flexibility index (Phi) is 5.39. The van der Waals surface area contributed by atoms with Gasteiger partial charge in [-0.1, -0.05) is 18.2 Å². The van der Waals surface area contributed by atoms with Crippen molar-refractivity contribution in [2.75, 3.05) is 19.6 Å². The Morgan fingerprint density at radius 1 is 1.19 bits per heavy atom. The summed E-state index contributed by atoms with van der Waals surface area (Å²) < 4.78 is 5.36. The fraction of sp³-hybridized carbons (Fsp3) is 0.438. The second kappa shape index (κ2) is 7.07. The zero-order valence-electron chi connectivity index (χ0n) is 12.0. The molecule has 0 spiro atoms. The second-order valence-electron chi connectivity index (χ2n) is 5.52. The lowest BCUT2D eigenvalue weighted by Gasteiger charge is -2.29. The highest BCUT2D eigenvalue weighted by Gasteiger charge is 2.16.